The Hall–Kier alpha value is -0.890. The number of aliphatic hydroxyl groups is 1. The summed E-state index contributed by atoms with van der Waals surface area (Å²) in [5.41, 5.74) is 3.06. The van der Waals surface area contributed by atoms with Gasteiger partial charge in [-0.15, -0.1) is 0 Å². The molecule has 0 bridgehead atoms. The third kappa shape index (κ3) is 2.62. The summed E-state index contributed by atoms with van der Waals surface area (Å²) in [5.74, 6) is 0.454. The van der Waals surface area contributed by atoms with E-state index in [2.05, 4.69) is 4.98 Å². The second-order valence-corrected chi connectivity index (χ2v) is 5.03. The SMILES string of the molecule is Cc1cc(C(O)C2CCCCC2)cc(C)n1. The second-order valence-electron chi connectivity index (χ2n) is 5.03. The zero-order valence-electron chi connectivity index (χ0n) is 10.2. The largest absolute Gasteiger partial charge is 0.388 e. The van der Waals surface area contributed by atoms with Crippen LogP contribution < -0.4 is 0 Å². The van der Waals surface area contributed by atoms with Crippen LogP contribution in [-0.4, -0.2) is 10.1 Å². The van der Waals surface area contributed by atoms with Gasteiger partial charge in [-0.1, -0.05) is 19.3 Å². The molecule has 1 heterocycles. The zero-order valence-corrected chi connectivity index (χ0v) is 10.2. The molecular formula is C14H21NO. The number of pyridine rings is 1. The van der Waals surface area contributed by atoms with E-state index in [0.29, 0.717) is 5.92 Å². The van der Waals surface area contributed by atoms with Gasteiger partial charge in [-0.2, -0.15) is 0 Å². The van der Waals surface area contributed by atoms with Gasteiger partial charge in [-0.05, 0) is 50.3 Å². The van der Waals surface area contributed by atoms with Crippen LogP contribution in [0.15, 0.2) is 12.1 Å². The van der Waals surface area contributed by atoms with Gasteiger partial charge in [0.1, 0.15) is 0 Å². The van der Waals surface area contributed by atoms with E-state index in [0.717, 1.165) is 17.0 Å². The van der Waals surface area contributed by atoms with Crippen molar-refractivity contribution in [2.24, 2.45) is 5.92 Å². The molecular weight excluding hydrogens is 198 g/mol. The standard InChI is InChI=1S/C14H21NO/c1-10-8-13(9-11(2)15-10)14(16)12-6-4-3-5-7-12/h8-9,12,14,16H,3-7H2,1-2H3. The van der Waals surface area contributed by atoms with Crippen molar-refractivity contribution in [1.82, 2.24) is 4.98 Å². The quantitative estimate of drug-likeness (QED) is 0.827. The van der Waals surface area contributed by atoms with Crippen molar-refractivity contribution < 1.29 is 5.11 Å². The number of aromatic nitrogens is 1. The Morgan fingerprint density at radius 1 is 1.12 bits per heavy atom. The summed E-state index contributed by atoms with van der Waals surface area (Å²) in [6.07, 6.45) is 5.91. The lowest BCUT2D eigenvalue weighted by atomic mass is 9.83. The van der Waals surface area contributed by atoms with Crippen LogP contribution in [0.2, 0.25) is 0 Å². The first-order chi connectivity index (χ1) is 7.66. The summed E-state index contributed by atoms with van der Waals surface area (Å²) >= 11 is 0. The van der Waals surface area contributed by atoms with Gasteiger partial charge in [-0.25, -0.2) is 0 Å². The molecule has 1 atom stereocenters. The summed E-state index contributed by atoms with van der Waals surface area (Å²) < 4.78 is 0. The minimum absolute atomic E-state index is 0.291. The lowest BCUT2D eigenvalue weighted by Gasteiger charge is -2.27. The fourth-order valence-corrected chi connectivity index (χ4v) is 2.76. The van der Waals surface area contributed by atoms with Gasteiger partial charge in [0.05, 0.1) is 6.10 Å². The van der Waals surface area contributed by atoms with Gasteiger partial charge in [0.2, 0.25) is 0 Å². The van der Waals surface area contributed by atoms with E-state index in [1.807, 2.05) is 26.0 Å². The lowest BCUT2D eigenvalue weighted by molar-refractivity contribution is 0.0846. The van der Waals surface area contributed by atoms with Gasteiger partial charge in [0, 0.05) is 11.4 Å². The molecule has 1 aliphatic rings. The van der Waals surface area contributed by atoms with Crippen LogP contribution in [-0.2, 0) is 0 Å². The second kappa shape index (κ2) is 4.96. The minimum Gasteiger partial charge on any atom is -0.388 e. The third-order valence-corrected chi connectivity index (χ3v) is 3.54. The summed E-state index contributed by atoms with van der Waals surface area (Å²) in [7, 11) is 0. The van der Waals surface area contributed by atoms with Crippen molar-refractivity contribution in [3.63, 3.8) is 0 Å². The minimum atomic E-state index is -0.291. The summed E-state index contributed by atoms with van der Waals surface area (Å²) in [6, 6.07) is 4.04. The van der Waals surface area contributed by atoms with E-state index in [4.69, 9.17) is 0 Å². The smallest absolute Gasteiger partial charge is 0.0819 e. The van der Waals surface area contributed by atoms with Crippen LogP contribution in [0.3, 0.4) is 0 Å². The highest BCUT2D eigenvalue weighted by molar-refractivity contribution is 5.23. The van der Waals surface area contributed by atoms with Crippen LogP contribution in [0, 0.1) is 19.8 Å². The summed E-state index contributed by atoms with van der Waals surface area (Å²) in [5, 5.41) is 10.4. The monoisotopic (exact) mass is 219 g/mol. The number of hydrogen-bond donors (Lipinski definition) is 1. The van der Waals surface area contributed by atoms with Crippen LogP contribution in [0.4, 0.5) is 0 Å². The molecule has 1 aromatic rings. The van der Waals surface area contributed by atoms with Crippen LogP contribution in [0.1, 0.15) is 55.2 Å². The van der Waals surface area contributed by atoms with Crippen molar-refractivity contribution in [1.29, 1.82) is 0 Å². The average Bonchev–Trinajstić information content (AvgIpc) is 2.28. The van der Waals surface area contributed by atoms with Crippen molar-refractivity contribution in [2.75, 3.05) is 0 Å². The molecule has 16 heavy (non-hydrogen) atoms. The van der Waals surface area contributed by atoms with E-state index < -0.39 is 0 Å². The molecule has 1 aromatic heterocycles. The number of hydrogen-bond acceptors (Lipinski definition) is 2. The molecule has 2 heteroatoms. The first-order valence-electron chi connectivity index (χ1n) is 6.30. The first kappa shape index (κ1) is 11.6. The maximum Gasteiger partial charge on any atom is 0.0819 e. The van der Waals surface area contributed by atoms with Crippen molar-refractivity contribution >= 4 is 0 Å². The highest BCUT2D eigenvalue weighted by Crippen LogP contribution is 2.34. The van der Waals surface area contributed by atoms with Gasteiger partial charge >= 0.3 is 0 Å². The van der Waals surface area contributed by atoms with E-state index in [-0.39, 0.29) is 6.10 Å². The maximum atomic E-state index is 10.4. The molecule has 2 nitrogen and oxygen atoms in total. The Balaban J connectivity index is 2.15. The number of nitrogens with zero attached hydrogens (tertiary/aromatic N) is 1. The fraction of sp³-hybridized carbons (Fsp3) is 0.643. The molecule has 1 aliphatic carbocycles. The molecule has 0 amide bonds. The van der Waals surface area contributed by atoms with Crippen LogP contribution in [0.25, 0.3) is 0 Å². The molecule has 0 aromatic carbocycles. The van der Waals surface area contributed by atoms with E-state index in [9.17, 15) is 5.11 Å². The summed E-state index contributed by atoms with van der Waals surface area (Å²) in [4.78, 5) is 4.35. The first-order valence-corrected chi connectivity index (χ1v) is 6.30. The number of aryl methyl sites for hydroxylation is 2. The molecule has 1 unspecified atom stereocenters. The third-order valence-electron chi connectivity index (χ3n) is 3.54. The highest BCUT2D eigenvalue weighted by atomic mass is 16.3. The van der Waals surface area contributed by atoms with E-state index in [1.54, 1.807) is 0 Å². The van der Waals surface area contributed by atoms with Gasteiger partial charge in [-0.3, -0.25) is 4.98 Å². The number of rotatable bonds is 2. The Morgan fingerprint density at radius 3 is 2.25 bits per heavy atom. The molecule has 88 valence electrons. The van der Waals surface area contributed by atoms with Gasteiger partial charge < -0.3 is 5.11 Å². The predicted octanol–water partition coefficient (Wildman–Crippen LogP) is 3.31. The molecule has 1 fully saturated rings. The Bertz CT molecular complexity index is 336. The fourth-order valence-electron chi connectivity index (χ4n) is 2.76. The Morgan fingerprint density at radius 2 is 1.69 bits per heavy atom. The molecule has 0 radical (unpaired) electrons. The topological polar surface area (TPSA) is 33.1 Å². The molecule has 2 rings (SSSR count). The normalized spacial score (nSPS) is 19.7. The van der Waals surface area contributed by atoms with Crippen molar-refractivity contribution in [3.8, 4) is 0 Å². The zero-order chi connectivity index (χ0) is 11.5. The van der Waals surface area contributed by atoms with Gasteiger partial charge in [0.25, 0.3) is 0 Å². The number of aliphatic hydroxyl groups excluding tert-OH is 1. The lowest BCUT2D eigenvalue weighted by Crippen LogP contribution is -2.16. The van der Waals surface area contributed by atoms with Crippen molar-refractivity contribution in [3.05, 3.63) is 29.1 Å². The predicted molar refractivity (Wildman–Crippen MR) is 65.2 cm³/mol. The average molecular weight is 219 g/mol. The molecule has 0 spiro atoms. The Labute approximate surface area is 97.7 Å². The molecule has 0 aliphatic heterocycles. The molecule has 1 saturated carbocycles. The van der Waals surface area contributed by atoms with E-state index >= 15 is 0 Å². The summed E-state index contributed by atoms with van der Waals surface area (Å²) in [6.45, 7) is 3.98. The van der Waals surface area contributed by atoms with Crippen LogP contribution >= 0.6 is 0 Å². The van der Waals surface area contributed by atoms with Gasteiger partial charge in [0.15, 0.2) is 0 Å². The van der Waals surface area contributed by atoms with E-state index in [1.165, 1.54) is 32.1 Å². The molecule has 1 N–H and O–H groups in total. The maximum absolute atomic E-state index is 10.4. The highest BCUT2D eigenvalue weighted by Gasteiger charge is 2.23. The van der Waals surface area contributed by atoms with Crippen LogP contribution in [0.5, 0.6) is 0 Å². The van der Waals surface area contributed by atoms with Crippen molar-refractivity contribution in [2.45, 2.75) is 52.1 Å². The Kier molecular flexibility index (Phi) is 3.59. The molecule has 0 saturated heterocycles.